The van der Waals surface area contributed by atoms with Crippen LogP contribution in [0.3, 0.4) is 0 Å². The molecule has 4 nitrogen and oxygen atoms in total. The lowest BCUT2D eigenvalue weighted by atomic mass is 9.94. The summed E-state index contributed by atoms with van der Waals surface area (Å²) >= 11 is 0. The molecule has 0 radical (unpaired) electrons. The fourth-order valence-electron chi connectivity index (χ4n) is 3.05. The Balaban J connectivity index is 3.16. The fraction of sp³-hybridized carbons (Fsp3) is 1.00. The number of aliphatic hydroxyl groups is 2. The molecule has 0 unspecified atom stereocenters. The van der Waals surface area contributed by atoms with Crippen LogP contribution in [0.15, 0.2) is 0 Å². The van der Waals surface area contributed by atoms with Crippen LogP contribution in [0, 0.1) is 11.1 Å². The molecule has 0 aromatic heterocycles. The number of unbranched alkanes of at least 4 members (excludes halogenated alkanes) is 10. The fourth-order valence-corrected chi connectivity index (χ4v) is 3.05. The second-order valence-corrected chi connectivity index (χ2v) is 6.52. The van der Waals surface area contributed by atoms with E-state index in [4.69, 9.17) is 10.2 Å². The van der Waals surface area contributed by atoms with E-state index in [1.165, 1.54) is 64.2 Å². The van der Waals surface area contributed by atoms with Gasteiger partial charge in [-0.2, -0.15) is 0 Å². The zero-order valence-corrected chi connectivity index (χ0v) is 14.5. The van der Waals surface area contributed by atoms with Crippen molar-refractivity contribution in [3.8, 4) is 0 Å². The Bertz CT molecular complexity index is 197. The maximum Gasteiger partial charge on any atom is 0.0752 e. The van der Waals surface area contributed by atoms with Gasteiger partial charge in [-0.15, -0.1) is 0 Å². The van der Waals surface area contributed by atoms with Crippen molar-refractivity contribution in [2.45, 2.75) is 89.9 Å². The van der Waals surface area contributed by atoms with Gasteiger partial charge in [-0.1, -0.05) is 64.2 Å². The third kappa shape index (κ3) is 16.2. The van der Waals surface area contributed by atoms with Crippen LogP contribution in [0.25, 0.3) is 0 Å². The normalized spacial score (nSPS) is 11.5. The summed E-state index contributed by atoms with van der Waals surface area (Å²) in [7, 11) is 0. The third-order valence-corrected chi connectivity index (χ3v) is 4.51. The van der Waals surface area contributed by atoms with E-state index < -0.39 is 0 Å². The van der Waals surface area contributed by atoms with Gasteiger partial charge >= 0.3 is 0 Å². The van der Waals surface area contributed by atoms with Crippen molar-refractivity contribution in [3.63, 3.8) is 0 Å². The molecular formula is C18H39NO3. The van der Waals surface area contributed by atoms with Gasteiger partial charge in [-0.25, -0.2) is 0 Å². The van der Waals surface area contributed by atoms with Crippen molar-refractivity contribution in [2.24, 2.45) is 5.92 Å². The van der Waals surface area contributed by atoms with Crippen molar-refractivity contribution in [1.29, 1.82) is 0 Å². The predicted molar refractivity (Wildman–Crippen MR) is 92.5 cm³/mol. The molecule has 0 aromatic rings. The molecule has 0 rings (SSSR count). The standard InChI is InChI=1S/C18H39NO3/c20-16-13-18(14-17-21)12-10-8-6-4-2-1-3-5-7-9-11-15-19-22/h18,20-21H,1-17,19H2. The average Bonchev–Trinajstić information content (AvgIpc) is 2.52. The van der Waals surface area contributed by atoms with E-state index in [9.17, 15) is 5.21 Å². The number of rotatable bonds is 18. The summed E-state index contributed by atoms with van der Waals surface area (Å²) in [6.45, 7) is 1.23. The highest BCUT2D eigenvalue weighted by molar-refractivity contribution is 4.59. The molecule has 0 spiro atoms. The van der Waals surface area contributed by atoms with E-state index in [2.05, 4.69) is 0 Å². The summed E-state index contributed by atoms with van der Waals surface area (Å²) in [4.78, 5) is 0. The van der Waals surface area contributed by atoms with Gasteiger partial charge in [0, 0.05) is 13.2 Å². The van der Waals surface area contributed by atoms with Gasteiger partial charge in [-0.05, 0) is 31.6 Å². The zero-order chi connectivity index (χ0) is 16.3. The minimum Gasteiger partial charge on any atom is -0.636 e. The van der Waals surface area contributed by atoms with Crippen molar-refractivity contribution < 1.29 is 15.7 Å². The van der Waals surface area contributed by atoms with Crippen molar-refractivity contribution in [1.82, 2.24) is 0 Å². The Hall–Kier alpha value is -0.160. The summed E-state index contributed by atoms with van der Waals surface area (Å²) < 4.78 is 0. The van der Waals surface area contributed by atoms with E-state index >= 15 is 0 Å². The van der Waals surface area contributed by atoms with Gasteiger partial charge in [0.05, 0.1) is 6.54 Å². The highest BCUT2D eigenvalue weighted by Crippen LogP contribution is 2.18. The summed E-state index contributed by atoms with van der Waals surface area (Å²) in [6, 6.07) is 0. The lowest BCUT2D eigenvalue weighted by Crippen LogP contribution is -2.77. The molecule has 0 aliphatic carbocycles. The Morgan fingerprint density at radius 3 is 1.41 bits per heavy atom. The zero-order valence-electron chi connectivity index (χ0n) is 14.5. The molecule has 0 fully saturated rings. The number of hydroxylamine groups is 1. The van der Waals surface area contributed by atoms with Crippen LogP contribution in [0.1, 0.15) is 89.9 Å². The molecule has 4 heteroatoms. The summed E-state index contributed by atoms with van der Waals surface area (Å²) in [6.07, 6.45) is 17.0. The Kier molecular flexibility index (Phi) is 18.8. The topological polar surface area (TPSA) is 80.1 Å². The minimum absolute atomic E-state index is 0.250. The number of hydrogen-bond acceptors (Lipinski definition) is 3. The molecule has 22 heavy (non-hydrogen) atoms. The van der Waals surface area contributed by atoms with Gasteiger partial charge in [-0.3, -0.25) is 0 Å². The second kappa shape index (κ2) is 18.9. The van der Waals surface area contributed by atoms with Crippen molar-refractivity contribution in [3.05, 3.63) is 5.21 Å². The lowest BCUT2D eigenvalue weighted by Gasteiger charge is -2.13. The molecule has 0 aliphatic heterocycles. The largest absolute Gasteiger partial charge is 0.636 e. The summed E-state index contributed by atoms with van der Waals surface area (Å²) in [5, 5.41) is 28.1. The van der Waals surface area contributed by atoms with Gasteiger partial charge in [0.25, 0.3) is 0 Å². The number of aliphatic hydroxyl groups excluding tert-OH is 2. The van der Waals surface area contributed by atoms with Crippen LogP contribution in [0.4, 0.5) is 0 Å². The van der Waals surface area contributed by atoms with E-state index in [0.29, 0.717) is 5.92 Å². The monoisotopic (exact) mass is 317 g/mol. The Morgan fingerprint density at radius 2 is 1.00 bits per heavy atom. The lowest BCUT2D eigenvalue weighted by molar-refractivity contribution is -0.589. The van der Waals surface area contributed by atoms with Gasteiger partial charge in [0.15, 0.2) is 0 Å². The first kappa shape index (κ1) is 21.8. The molecule has 0 aliphatic rings. The maximum atomic E-state index is 10.2. The van der Waals surface area contributed by atoms with Gasteiger partial charge in [0.1, 0.15) is 0 Å². The molecule has 0 saturated heterocycles. The molecule has 0 amide bonds. The molecule has 0 aromatic carbocycles. The SMILES string of the molecule is [O-][NH2+]CCCCCCCCCCCCCC(CCO)CCO. The maximum absolute atomic E-state index is 10.2. The molecule has 0 saturated carbocycles. The molecule has 0 heterocycles. The van der Waals surface area contributed by atoms with E-state index in [0.717, 1.165) is 37.7 Å². The smallest absolute Gasteiger partial charge is 0.0752 e. The van der Waals surface area contributed by atoms with Crippen LogP contribution >= 0.6 is 0 Å². The van der Waals surface area contributed by atoms with E-state index in [1.807, 2.05) is 0 Å². The second-order valence-electron chi connectivity index (χ2n) is 6.52. The first-order chi connectivity index (χ1) is 10.8. The minimum atomic E-state index is 0.250. The quantitative estimate of drug-likeness (QED) is 0.268. The first-order valence-corrected chi connectivity index (χ1v) is 9.50. The molecule has 0 bridgehead atoms. The van der Waals surface area contributed by atoms with Gasteiger partial charge in [0.2, 0.25) is 0 Å². The van der Waals surface area contributed by atoms with Crippen LogP contribution in [0.2, 0.25) is 0 Å². The molecule has 0 atom stereocenters. The van der Waals surface area contributed by atoms with Crippen LogP contribution in [-0.4, -0.2) is 30.0 Å². The molecule has 4 N–H and O–H groups in total. The highest BCUT2D eigenvalue weighted by atomic mass is 16.5. The summed E-state index contributed by atoms with van der Waals surface area (Å²) in [5.41, 5.74) is 1.02. The Morgan fingerprint density at radius 1 is 0.591 bits per heavy atom. The predicted octanol–water partition coefficient (Wildman–Crippen LogP) is 3.11. The van der Waals surface area contributed by atoms with Crippen LogP contribution < -0.4 is 5.48 Å². The van der Waals surface area contributed by atoms with Crippen LogP contribution in [-0.2, 0) is 0 Å². The molecular weight excluding hydrogens is 278 g/mol. The number of hydrogen-bond donors (Lipinski definition) is 3. The Labute approximate surface area is 137 Å². The first-order valence-electron chi connectivity index (χ1n) is 9.50. The van der Waals surface area contributed by atoms with Crippen LogP contribution in [0.5, 0.6) is 0 Å². The number of nitrogens with two attached hydrogens (primary N) is 1. The third-order valence-electron chi connectivity index (χ3n) is 4.51. The average molecular weight is 318 g/mol. The van der Waals surface area contributed by atoms with E-state index in [1.54, 1.807) is 0 Å². The van der Waals surface area contributed by atoms with Gasteiger partial charge < -0.3 is 20.9 Å². The summed E-state index contributed by atoms with van der Waals surface area (Å²) in [5.74, 6) is 0.509. The molecule has 134 valence electrons. The highest BCUT2D eigenvalue weighted by Gasteiger charge is 2.06. The number of quaternary nitrogens is 1. The van der Waals surface area contributed by atoms with Crippen molar-refractivity contribution >= 4 is 0 Å². The van der Waals surface area contributed by atoms with Crippen molar-refractivity contribution in [2.75, 3.05) is 19.8 Å². The van der Waals surface area contributed by atoms with E-state index in [-0.39, 0.29) is 13.2 Å².